The van der Waals surface area contributed by atoms with Crippen molar-refractivity contribution in [2.45, 2.75) is 6.92 Å². The average molecular weight is 233 g/mol. The van der Waals surface area contributed by atoms with E-state index in [9.17, 15) is 4.79 Å². The normalized spacial score (nSPS) is 18.1. The lowest BCUT2D eigenvalue weighted by molar-refractivity contribution is -0.138. The van der Waals surface area contributed by atoms with Gasteiger partial charge in [0.15, 0.2) is 0 Å². The van der Waals surface area contributed by atoms with Crippen LogP contribution >= 0.6 is 0 Å². The molecule has 1 aliphatic rings. The van der Waals surface area contributed by atoms with Crippen LogP contribution in [0, 0.1) is 6.92 Å². The molecule has 0 spiro atoms. The van der Waals surface area contributed by atoms with Gasteiger partial charge in [0, 0.05) is 7.05 Å². The lowest BCUT2D eigenvalue weighted by atomic mass is 10.2. The molecule has 0 unspecified atom stereocenters. The average Bonchev–Trinajstić information content (AvgIpc) is 2.31. The molecule has 90 valence electrons. The van der Waals surface area contributed by atoms with E-state index in [2.05, 4.69) is 10.5 Å². The summed E-state index contributed by atoms with van der Waals surface area (Å²) in [5.41, 5.74) is 4.87. The van der Waals surface area contributed by atoms with Crippen molar-refractivity contribution in [1.82, 2.24) is 4.90 Å². The SMILES string of the molecule is Cc1ccc(N/N=C2/C(=O)OCCN2C)cc1. The van der Waals surface area contributed by atoms with Gasteiger partial charge in [-0.05, 0) is 19.1 Å². The number of rotatable bonds is 2. The van der Waals surface area contributed by atoms with Gasteiger partial charge < -0.3 is 9.64 Å². The predicted molar refractivity (Wildman–Crippen MR) is 65.8 cm³/mol. The molecule has 1 aromatic carbocycles. The topological polar surface area (TPSA) is 53.9 Å². The standard InChI is InChI=1S/C12H15N3O2/c1-9-3-5-10(6-4-9)13-14-11-12(16)17-8-7-15(11)2/h3-6,13H,7-8H2,1-2H3/b14-11-. The second-order valence-electron chi connectivity index (χ2n) is 3.97. The molecule has 1 aromatic rings. The smallest absolute Gasteiger partial charge is 0.376 e. The number of nitrogens with zero attached hydrogens (tertiary/aromatic N) is 2. The van der Waals surface area contributed by atoms with Gasteiger partial charge in [0.25, 0.3) is 0 Å². The summed E-state index contributed by atoms with van der Waals surface area (Å²) in [4.78, 5) is 13.2. The summed E-state index contributed by atoms with van der Waals surface area (Å²) in [6, 6.07) is 7.78. The number of ether oxygens (including phenoxy) is 1. The van der Waals surface area contributed by atoms with Crippen LogP contribution in [-0.4, -0.2) is 36.9 Å². The van der Waals surface area contributed by atoms with Gasteiger partial charge in [0.05, 0.1) is 12.2 Å². The highest BCUT2D eigenvalue weighted by molar-refractivity contribution is 6.35. The Morgan fingerprint density at radius 3 is 2.71 bits per heavy atom. The minimum Gasteiger partial charge on any atom is -0.458 e. The minimum absolute atomic E-state index is 0.303. The summed E-state index contributed by atoms with van der Waals surface area (Å²) in [5.74, 6) is -0.0878. The van der Waals surface area contributed by atoms with Crippen LogP contribution < -0.4 is 5.43 Å². The molecule has 0 aromatic heterocycles. The molecular weight excluding hydrogens is 218 g/mol. The molecule has 0 amide bonds. The monoisotopic (exact) mass is 233 g/mol. The molecule has 1 saturated heterocycles. The van der Waals surface area contributed by atoms with E-state index < -0.39 is 5.97 Å². The van der Waals surface area contributed by atoms with Gasteiger partial charge in [-0.2, -0.15) is 0 Å². The van der Waals surface area contributed by atoms with Gasteiger partial charge in [-0.1, -0.05) is 17.7 Å². The Hall–Kier alpha value is -2.04. The van der Waals surface area contributed by atoms with Crippen LogP contribution in [0.4, 0.5) is 5.69 Å². The number of hydrogen-bond donors (Lipinski definition) is 1. The molecule has 1 N–H and O–H groups in total. The Balaban J connectivity index is 2.08. The number of anilines is 1. The number of morpholine rings is 1. The maximum atomic E-state index is 11.4. The highest BCUT2D eigenvalue weighted by atomic mass is 16.5. The van der Waals surface area contributed by atoms with Crippen molar-refractivity contribution in [3.63, 3.8) is 0 Å². The second kappa shape index (κ2) is 4.86. The Bertz CT molecular complexity index is 440. The molecule has 1 fully saturated rings. The number of amidine groups is 1. The van der Waals surface area contributed by atoms with Crippen molar-refractivity contribution >= 4 is 17.5 Å². The summed E-state index contributed by atoms with van der Waals surface area (Å²) in [6.45, 7) is 3.10. The zero-order valence-electron chi connectivity index (χ0n) is 9.93. The van der Waals surface area contributed by atoms with Crippen LogP contribution in [0.15, 0.2) is 29.4 Å². The summed E-state index contributed by atoms with van der Waals surface area (Å²) in [6.07, 6.45) is 0. The summed E-state index contributed by atoms with van der Waals surface area (Å²) >= 11 is 0. The minimum atomic E-state index is -0.390. The number of carbonyl (C=O) groups excluding carboxylic acids is 1. The third-order valence-corrected chi connectivity index (χ3v) is 2.55. The Kier molecular flexibility index (Phi) is 3.27. The molecule has 1 heterocycles. The van der Waals surface area contributed by atoms with Crippen LogP contribution in [0.2, 0.25) is 0 Å². The molecule has 1 aliphatic heterocycles. The number of carbonyl (C=O) groups is 1. The fourth-order valence-corrected chi connectivity index (χ4v) is 1.48. The molecule has 2 rings (SSSR count). The molecule has 0 radical (unpaired) electrons. The van der Waals surface area contributed by atoms with E-state index in [1.807, 2.05) is 38.2 Å². The number of esters is 1. The molecule has 5 heteroatoms. The van der Waals surface area contributed by atoms with E-state index in [0.717, 1.165) is 5.69 Å². The molecule has 0 atom stereocenters. The largest absolute Gasteiger partial charge is 0.458 e. The van der Waals surface area contributed by atoms with E-state index in [4.69, 9.17) is 4.74 Å². The first-order chi connectivity index (χ1) is 8.16. The van der Waals surface area contributed by atoms with E-state index >= 15 is 0 Å². The third kappa shape index (κ3) is 2.75. The summed E-state index contributed by atoms with van der Waals surface area (Å²) < 4.78 is 4.92. The predicted octanol–water partition coefficient (Wildman–Crippen LogP) is 1.21. The third-order valence-electron chi connectivity index (χ3n) is 2.55. The van der Waals surface area contributed by atoms with E-state index in [-0.39, 0.29) is 0 Å². The maximum absolute atomic E-state index is 11.4. The van der Waals surface area contributed by atoms with Gasteiger partial charge in [-0.3, -0.25) is 5.43 Å². The summed E-state index contributed by atoms with van der Waals surface area (Å²) in [5, 5.41) is 4.06. The highest BCUT2D eigenvalue weighted by Crippen LogP contribution is 2.09. The first-order valence-corrected chi connectivity index (χ1v) is 5.45. The van der Waals surface area contributed by atoms with Gasteiger partial charge in [0.2, 0.25) is 5.84 Å². The quantitative estimate of drug-likeness (QED) is 0.616. The second-order valence-corrected chi connectivity index (χ2v) is 3.97. The lowest BCUT2D eigenvalue weighted by Gasteiger charge is -2.24. The van der Waals surface area contributed by atoms with Crippen molar-refractivity contribution < 1.29 is 9.53 Å². The number of hydrazone groups is 1. The fourth-order valence-electron chi connectivity index (χ4n) is 1.48. The van der Waals surface area contributed by atoms with Crippen molar-refractivity contribution in [2.75, 3.05) is 25.6 Å². The maximum Gasteiger partial charge on any atom is 0.376 e. The van der Waals surface area contributed by atoms with Gasteiger partial charge >= 0.3 is 5.97 Å². The number of cyclic esters (lactones) is 1. The van der Waals surface area contributed by atoms with Gasteiger partial charge in [-0.15, -0.1) is 5.10 Å². The van der Waals surface area contributed by atoms with E-state index in [1.165, 1.54) is 5.56 Å². The first kappa shape index (κ1) is 11.4. The van der Waals surface area contributed by atoms with Crippen LogP contribution in [0.25, 0.3) is 0 Å². The van der Waals surface area contributed by atoms with Crippen molar-refractivity contribution in [3.8, 4) is 0 Å². The van der Waals surface area contributed by atoms with Crippen LogP contribution in [0.3, 0.4) is 0 Å². The molecular formula is C12H15N3O2. The Labute approximate surface area is 100 Å². The lowest BCUT2D eigenvalue weighted by Crippen LogP contribution is -2.43. The fraction of sp³-hybridized carbons (Fsp3) is 0.333. The number of nitrogens with one attached hydrogen (secondary N) is 1. The number of hydrogen-bond acceptors (Lipinski definition) is 4. The van der Waals surface area contributed by atoms with Crippen LogP contribution in [0.1, 0.15) is 5.56 Å². The molecule has 0 aliphatic carbocycles. The van der Waals surface area contributed by atoms with Gasteiger partial charge in [-0.25, -0.2) is 4.79 Å². The van der Waals surface area contributed by atoms with Crippen molar-refractivity contribution in [1.29, 1.82) is 0 Å². The number of likely N-dealkylation sites (N-methyl/N-ethyl adjacent to an activating group) is 1. The van der Waals surface area contributed by atoms with Crippen LogP contribution in [0.5, 0.6) is 0 Å². The Morgan fingerprint density at radius 1 is 1.35 bits per heavy atom. The summed E-state index contributed by atoms with van der Waals surface area (Å²) in [7, 11) is 1.82. The van der Waals surface area contributed by atoms with E-state index in [1.54, 1.807) is 4.90 Å². The molecule has 17 heavy (non-hydrogen) atoms. The number of aryl methyl sites for hydroxylation is 1. The van der Waals surface area contributed by atoms with Crippen molar-refractivity contribution in [3.05, 3.63) is 29.8 Å². The zero-order chi connectivity index (χ0) is 12.3. The Morgan fingerprint density at radius 2 is 2.06 bits per heavy atom. The number of benzene rings is 1. The highest BCUT2D eigenvalue weighted by Gasteiger charge is 2.23. The first-order valence-electron chi connectivity index (χ1n) is 5.45. The van der Waals surface area contributed by atoms with Gasteiger partial charge in [0.1, 0.15) is 6.61 Å². The molecule has 0 bridgehead atoms. The van der Waals surface area contributed by atoms with Crippen molar-refractivity contribution in [2.24, 2.45) is 5.10 Å². The molecule has 5 nitrogen and oxygen atoms in total. The molecule has 0 saturated carbocycles. The van der Waals surface area contributed by atoms with Crippen LogP contribution in [-0.2, 0) is 9.53 Å². The zero-order valence-corrected chi connectivity index (χ0v) is 9.93. The van der Waals surface area contributed by atoms with E-state index in [0.29, 0.717) is 19.0 Å².